The van der Waals surface area contributed by atoms with Crippen molar-refractivity contribution in [1.82, 2.24) is 14.5 Å². The number of fused-ring (bicyclic) bond motifs is 2. The van der Waals surface area contributed by atoms with Crippen molar-refractivity contribution in [2.24, 2.45) is 7.05 Å². The Bertz CT molecular complexity index is 796. The number of aromatic nitrogens is 3. The highest BCUT2D eigenvalue weighted by molar-refractivity contribution is 5.92. The Labute approximate surface area is 97.9 Å². The lowest BCUT2D eigenvalue weighted by Crippen LogP contribution is -2.11. The molecule has 1 N–H and O–H groups in total. The van der Waals surface area contributed by atoms with Crippen LogP contribution in [0.25, 0.3) is 22.1 Å². The van der Waals surface area contributed by atoms with Gasteiger partial charge in [-0.25, -0.2) is 9.78 Å². The number of aromatic amines is 1. The Morgan fingerprint density at radius 1 is 1.29 bits per heavy atom. The quantitative estimate of drug-likeness (QED) is 0.639. The van der Waals surface area contributed by atoms with Crippen LogP contribution in [-0.2, 0) is 7.05 Å². The molecule has 0 bridgehead atoms. The maximum Gasteiger partial charge on any atom is 0.327 e. The van der Waals surface area contributed by atoms with Gasteiger partial charge in [0.25, 0.3) is 0 Å². The van der Waals surface area contributed by atoms with Gasteiger partial charge in [-0.3, -0.25) is 9.55 Å². The number of rotatable bonds is 0. The van der Waals surface area contributed by atoms with E-state index in [0.717, 1.165) is 16.4 Å². The number of nitrogens with zero attached hydrogens (tertiary/aromatic N) is 2. The second-order valence-corrected chi connectivity index (χ2v) is 4.42. The van der Waals surface area contributed by atoms with Gasteiger partial charge in [0.2, 0.25) is 0 Å². The lowest BCUT2D eigenvalue weighted by Gasteiger charge is -2.05. The average molecular weight is 227 g/mol. The summed E-state index contributed by atoms with van der Waals surface area (Å²) in [5.41, 5.74) is 4.73. The fraction of sp³-hybridized carbons (Fsp3) is 0.231. The van der Waals surface area contributed by atoms with E-state index in [9.17, 15) is 4.79 Å². The zero-order chi connectivity index (χ0) is 12.2. The van der Waals surface area contributed by atoms with Crippen LogP contribution < -0.4 is 5.69 Å². The van der Waals surface area contributed by atoms with Gasteiger partial charge in [0, 0.05) is 12.4 Å². The highest BCUT2D eigenvalue weighted by Gasteiger charge is 2.08. The fourth-order valence-corrected chi connectivity index (χ4v) is 2.13. The van der Waals surface area contributed by atoms with E-state index in [-0.39, 0.29) is 5.69 Å². The van der Waals surface area contributed by atoms with Crippen molar-refractivity contribution in [3.63, 3.8) is 0 Å². The highest BCUT2D eigenvalue weighted by Crippen LogP contribution is 2.22. The number of imidazole rings is 1. The van der Waals surface area contributed by atoms with E-state index < -0.39 is 0 Å². The Hall–Kier alpha value is -2.10. The third-order valence-corrected chi connectivity index (χ3v) is 3.41. The van der Waals surface area contributed by atoms with E-state index in [4.69, 9.17) is 0 Å². The summed E-state index contributed by atoms with van der Waals surface area (Å²) in [5.74, 6) is 0. The lowest BCUT2D eigenvalue weighted by molar-refractivity contribution is 0.892. The smallest absolute Gasteiger partial charge is 0.294 e. The average Bonchev–Trinajstić information content (AvgIpc) is 2.58. The minimum atomic E-state index is -0.128. The third kappa shape index (κ3) is 1.30. The molecule has 0 aliphatic rings. The number of nitrogens with one attached hydrogen (secondary N) is 1. The van der Waals surface area contributed by atoms with E-state index >= 15 is 0 Å². The highest BCUT2D eigenvalue weighted by atomic mass is 16.1. The summed E-state index contributed by atoms with van der Waals surface area (Å²) in [6, 6.07) is 6.07. The van der Waals surface area contributed by atoms with Gasteiger partial charge in [-0.15, -0.1) is 0 Å². The van der Waals surface area contributed by atoms with Crippen LogP contribution in [0, 0.1) is 13.8 Å². The van der Waals surface area contributed by atoms with Crippen molar-refractivity contribution in [3.8, 4) is 0 Å². The first-order valence-corrected chi connectivity index (χ1v) is 5.53. The Kier molecular flexibility index (Phi) is 1.90. The summed E-state index contributed by atoms with van der Waals surface area (Å²) < 4.78 is 1.59. The van der Waals surface area contributed by atoms with Gasteiger partial charge >= 0.3 is 5.69 Å². The molecule has 0 spiro atoms. The second-order valence-electron chi connectivity index (χ2n) is 4.42. The molecule has 3 rings (SSSR count). The molecular formula is C13H13N3O. The molecule has 0 aliphatic heterocycles. The van der Waals surface area contributed by atoms with Crippen LogP contribution in [0.2, 0.25) is 0 Å². The fourth-order valence-electron chi connectivity index (χ4n) is 2.13. The normalized spacial score (nSPS) is 11.5. The molecule has 0 amide bonds. The summed E-state index contributed by atoms with van der Waals surface area (Å²) in [6.45, 7) is 4.16. The Morgan fingerprint density at radius 3 is 2.82 bits per heavy atom. The third-order valence-electron chi connectivity index (χ3n) is 3.41. The topological polar surface area (TPSA) is 50.7 Å². The number of aryl methyl sites for hydroxylation is 3. The van der Waals surface area contributed by atoms with Crippen molar-refractivity contribution in [2.45, 2.75) is 13.8 Å². The molecule has 0 unspecified atom stereocenters. The van der Waals surface area contributed by atoms with E-state index in [1.165, 1.54) is 11.1 Å². The molecule has 0 saturated heterocycles. The lowest BCUT2D eigenvalue weighted by atomic mass is 10.0. The molecule has 2 heterocycles. The van der Waals surface area contributed by atoms with E-state index in [2.05, 4.69) is 29.9 Å². The Morgan fingerprint density at radius 2 is 2.06 bits per heavy atom. The summed E-state index contributed by atoms with van der Waals surface area (Å²) in [7, 11) is 1.75. The van der Waals surface area contributed by atoms with Crippen LogP contribution in [0.1, 0.15) is 11.1 Å². The van der Waals surface area contributed by atoms with E-state index in [0.29, 0.717) is 5.65 Å². The molecule has 17 heavy (non-hydrogen) atoms. The largest absolute Gasteiger partial charge is 0.327 e. The molecular weight excluding hydrogens is 214 g/mol. The van der Waals surface area contributed by atoms with Crippen LogP contribution in [0.5, 0.6) is 0 Å². The van der Waals surface area contributed by atoms with Gasteiger partial charge in [0.1, 0.15) is 0 Å². The molecule has 4 heteroatoms. The molecule has 4 nitrogen and oxygen atoms in total. The summed E-state index contributed by atoms with van der Waals surface area (Å²) in [6.07, 6.45) is 0. The first kappa shape index (κ1) is 10.1. The molecule has 0 fully saturated rings. The van der Waals surface area contributed by atoms with Crippen LogP contribution in [0.3, 0.4) is 0 Å². The second kappa shape index (κ2) is 3.20. The van der Waals surface area contributed by atoms with Gasteiger partial charge in [0.15, 0.2) is 5.65 Å². The maximum absolute atomic E-state index is 11.5. The SMILES string of the molecule is Cc1ccc2nc3[nH]c(=O)n(C)c3cc2c1C. The summed E-state index contributed by atoms with van der Waals surface area (Å²) in [5, 5.41) is 1.10. The Balaban J connectivity index is 2.57. The minimum absolute atomic E-state index is 0.128. The van der Waals surface area contributed by atoms with Gasteiger partial charge in [0.05, 0.1) is 11.0 Å². The molecule has 1 aromatic carbocycles. The monoisotopic (exact) mass is 227 g/mol. The van der Waals surface area contributed by atoms with Crippen molar-refractivity contribution >= 4 is 22.1 Å². The van der Waals surface area contributed by atoms with E-state index in [1.54, 1.807) is 11.6 Å². The molecule has 0 aliphatic carbocycles. The van der Waals surface area contributed by atoms with Gasteiger partial charge in [-0.05, 0) is 37.1 Å². The number of benzene rings is 1. The number of pyridine rings is 1. The molecule has 3 aromatic rings. The van der Waals surface area contributed by atoms with Crippen LogP contribution in [0.15, 0.2) is 23.0 Å². The van der Waals surface area contributed by atoms with Crippen molar-refractivity contribution in [1.29, 1.82) is 0 Å². The van der Waals surface area contributed by atoms with E-state index in [1.807, 2.05) is 12.1 Å². The standard InChI is InChI=1S/C13H13N3O/c1-7-4-5-10-9(8(7)2)6-11-12(14-10)15-13(17)16(11)3/h4-6H,1-3H3,(H,14,15,17). The number of hydrogen-bond donors (Lipinski definition) is 1. The van der Waals surface area contributed by atoms with Gasteiger partial charge in [-0.2, -0.15) is 0 Å². The summed E-state index contributed by atoms with van der Waals surface area (Å²) >= 11 is 0. The zero-order valence-electron chi connectivity index (χ0n) is 10.0. The van der Waals surface area contributed by atoms with Crippen LogP contribution in [-0.4, -0.2) is 14.5 Å². The predicted molar refractivity (Wildman–Crippen MR) is 68.3 cm³/mol. The molecule has 0 saturated carbocycles. The molecule has 86 valence electrons. The van der Waals surface area contributed by atoms with Crippen LogP contribution in [0.4, 0.5) is 0 Å². The zero-order valence-corrected chi connectivity index (χ0v) is 10.0. The van der Waals surface area contributed by atoms with Crippen molar-refractivity contribution in [2.75, 3.05) is 0 Å². The molecule has 0 atom stereocenters. The van der Waals surface area contributed by atoms with Gasteiger partial charge in [-0.1, -0.05) is 6.07 Å². The van der Waals surface area contributed by atoms with Crippen molar-refractivity contribution < 1.29 is 0 Å². The van der Waals surface area contributed by atoms with Crippen LogP contribution >= 0.6 is 0 Å². The molecule has 2 aromatic heterocycles. The predicted octanol–water partition coefficient (Wildman–Crippen LogP) is 2.03. The number of hydrogen-bond acceptors (Lipinski definition) is 2. The summed E-state index contributed by atoms with van der Waals surface area (Å²) in [4.78, 5) is 18.8. The van der Waals surface area contributed by atoms with Gasteiger partial charge < -0.3 is 0 Å². The first-order valence-electron chi connectivity index (χ1n) is 5.53. The van der Waals surface area contributed by atoms with Crippen molar-refractivity contribution in [3.05, 3.63) is 39.8 Å². The number of H-pyrrole nitrogens is 1. The first-order chi connectivity index (χ1) is 8.08. The minimum Gasteiger partial charge on any atom is -0.294 e. The maximum atomic E-state index is 11.5. The molecule has 0 radical (unpaired) electrons.